The molecule has 3 nitrogen and oxygen atoms in total. The minimum Gasteiger partial charge on any atom is -0.494 e. The van der Waals surface area contributed by atoms with Gasteiger partial charge in [-0.2, -0.15) is 0 Å². The van der Waals surface area contributed by atoms with Crippen LogP contribution in [0.4, 0.5) is 0 Å². The van der Waals surface area contributed by atoms with Crippen LogP contribution in [0.2, 0.25) is 0 Å². The molecule has 0 unspecified atom stereocenters. The first-order chi connectivity index (χ1) is 11.2. The molecule has 1 saturated carbocycles. The molecule has 0 amide bonds. The van der Waals surface area contributed by atoms with E-state index in [4.69, 9.17) is 9.47 Å². The van der Waals surface area contributed by atoms with Gasteiger partial charge in [0.15, 0.2) is 0 Å². The molecular formula is C20H28O3. The molecule has 1 aliphatic carbocycles. The molecular weight excluding hydrogens is 288 g/mol. The van der Waals surface area contributed by atoms with Crippen molar-refractivity contribution in [3.63, 3.8) is 0 Å². The van der Waals surface area contributed by atoms with Gasteiger partial charge in [0.05, 0.1) is 12.5 Å². The van der Waals surface area contributed by atoms with Crippen LogP contribution >= 0.6 is 0 Å². The number of hydrogen-bond donors (Lipinski definition) is 0. The van der Waals surface area contributed by atoms with E-state index in [2.05, 4.69) is 6.58 Å². The maximum Gasteiger partial charge on any atom is 0.314 e. The Morgan fingerprint density at radius 3 is 2.43 bits per heavy atom. The maximum absolute atomic E-state index is 12.3. The lowest BCUT2D eigenvalue weighted by atomic mass is 9.80. The summed E-state index contributed by atoms with van der Waals surface area (Å²) >= 11 is 0. The van der Waals surface area contributed by atoms with Crippen LogP contribution in [0.3, 0.4) is 0 Å². The highest BCUT2D eigenvalue weighted by atomic mass is 16.5. The predicted molar refractivity (Wildman–Crippen MR) is 92.7 cm³/mol. The Kier molecular flexibility index (Phi) is 7.18. The van der Waals surface area contributed by atoms with Crippen LogP contribution in [0.15, 0.2) is 36.9 Å². The van der Waals surface area contributed by atoms with Crippen LogP contribution in [0.1, 0.15) is 51.9 Å². The van der Waals surface area contributed by atoms with Gasteiger partial charge >= 0.3 is 5.97 Å². The van der Waals surface area contributed by atoms with Gasteiger partial charge in [-0.25, -0.2) is 0 Å². The largest absolute Gasteiger partial charge is 0.494 e. The molecule has 1 aromatic carbocycles. The maximum atomic E-state index is 12.3. The van der Waals surface area contributed by atoms with Crippen LogP contribution < -0.4 is 9.47 Å². The van der Waals surface area contributed by atoms with Gasteiger partial charge in [-0.3, -0.25) is 4.79 Å². The van der Waals surface area contributed by atoms with Crippen molar-refractivity contribution in [2.24, 2.45) is 11.8 Å². The minimum absolute atomic E-state index is 0.0530. The van der Waals surface area contributed by atoms with Crippen molar-refractivity contribution in [1.29, 1.82) is 0 Å². The molecule has 0 heterocycles. The number of benzene rings is 1. The number of hydrogen-bond acceptors (Lipinski definition) is 3. The lowest BCUT2D eigenvalue weighted by Gasteiger charge is -2.27. The highest BCUT2D eigenvalue weighted by Gasteiger charge is 2.27. The fourth-order valence-electron chi connectivity index (χ4n) is 3.21. The Morgan fingerprint density at radius 1 is 1.17 bits per heavy atom. The van der Waals surface area contributed by atoms with Crippen LogP contribution in [0.25, 0.3) is 0 Å². The van der Waals surface area contributed by atoms with Crippen molar-refractivity contribution in [2.75, 3.05) is 6.61 Å². The second-order valence-electron chi connectivity index (χ2n) is 6.26. The summed E-state index contributed by atoms with van der Waals surface area (Å²) in [5.74, 6) is 2.14. The van der Waals surface area contributed by atoms with Crippen molar-refractivity contribution in [3.05, 3.63) is 36.9 Å². The Labute approximate surface area is 139 Å². The SMILES string of the molecule is C=CCCCC1CCC(C(=O)Oc2ccc(OCC)cc2)CC1. The average Bonchev–Trinajstić information content (AvgIpc) is 2.58. The van der Waals surface area contributed by atoms with E-state index in [9.17, 15) is 4.79 Å². The molecule has 0 N–H and O–H groups in total. The molecule has 1 aromatic rings. The van der Waals surface area contributed by atoms with Crippen molar-refractivity contribution < 1.29 is 14.3 Å². The quantitative estimate of drug-likeness (QED) is 0.288. The van der Waals surface area contributed by atoms with Gasteiger partial charge in [0, 0.05) is 0 Å². The van der Waals surface area contributed by atoms with E-state index in [-0.39, 0.29) is 11.9 Å². The molecule has 0 radical (unpaired) electrons. The number of carbonyl (C=O) groups is 1. The number of carbonyl (C=O) groups excluding carboxylic acids is 1. The van der Waals surface area contributed by atoms with Gasteiger partial charge in [0.25, 0.3) is 0 Å². The Hall–Kier alpha value is -1.77. The Bertz CT molecular complexity index is 484. The lowest BCUT2D eigenvalue weighted by Crippen LogP contribution is -2.25. The van der Waals surface area contributed by atoms with Crippen LogP contribution in [0.5, 0.6) is 11.5 Å². The summed E-state index contributed by atoms with van der Waals surface area (Å²) in [4.78, 5) is 12.3. The molecule has 0 aliphatic heterocycles. The normalized spacial score (nSPS) is 20.7. The molecule has 126 valence electrons. The third kappa shape index (κ3) is 5.74. The molecule has 0 spiro atoms. The zero-order chi connectivity index (χ0) is 16.5. The zero-order valence-electron chi connectivity index (χ0n) is 14.1. The molecule has 23 heavy (non-hydrogen) atoms. The average molecular weight is 316 g/mol. The minimum atomic E-state index is -0.0845. The second-order valence-corrected chi connectivity index (χ2v) is 6.26. The number of esters is 1. The summed E-state index contributed by atoms with van der Waals surface area (Å²) < 4.78 is 10.9. The van der Waals surface area contributed by atoms with Crippen molar-refractivity contribution in [3.8, 4) is 11.5 Å². The van der Waals surface area contributed by atoms with Gasteiger partial charge < -0.3 is 9.47 Å². The number of allylic oxidation sites excluding steroid dienone is 1. The van der Waals surface area contributed by atoms with Crippen LogP contribution in [0, 0.1) is 11.8 Å². The predicted octanol–water partition coefficient (Wildman–Crippen LogP) is 5.15. The first-order valence-electron chi connectivity index (χ1n) is 8.78. The third-order valence-corrected chi connectivity index (χ3v) is 4.55. The van der Waals surface area contributed by atoms with Gasteiger partial charge in [-0.1, -0.05) is 12.5 Å². The lowest BCUT2D eigenvalue weighted by molar-refractivity contribution is -0.140. The van der Waals surface area contributed by atoms with E-state index in [1.54, 1.807) is 12.1 Å². The van der Waals surface area contributed by atoms with E-state index in [0.717, 1.165) is 43.8 Å². The standard InChI is InChI=1S/C20H28O3/c1-3-5-6-7-16-8-10-17(11-9-16)20(21)23-19-14-12-18(13-15-19)22-4-2/h3,12-17H,1,4-11H2,2H3. The number of unbranched alkanes of at least 4 members (excludes halogenated alkanes) is 1. The summed E-state index contributed by atoms with van der Waals surface area (Å²) in [5.41, 5.74) is 0. The zero-order valence-corrected chi connectivity index (χ0v) is 14.1. The van der Waals surface area contributed by atoms with E-state index in [1.165, 1.54) is 12.8 Å². The number of rotatable bonds is 8. The second kappa shape index (κ2) is 9.39. The molecule has 1 fully saturated rings. The summed E-state index contributed by atoms with van der Waals surface area (Å²) in [7, 11) is 0. The summed E-state index contributed by atoms with van der Waals surface area (Å²) in [6.07, 6.45) is 9.74. The van der Waals surface area contributed by atoms with Gasteiger partial charge in [0.2, 0.25) is 0 Å². The number of ether oxygens (including phenoxy) is 2. The van der Waals surface area contributed by atoms with Gasteiger partial charge in [0.1, 0.15) is 11.5 Å². The highest BCUT2D eigenvalue weighted by molar-refractivity contribution is 5.75. The van der Waals surface area contributed by atoms with Crippen molar-refractivity contribution in [1.82, 2.24) is 0 Å². The third-order valence-electron chi connectivity index (χ3n) is 4.55. The topological polar surface area (TPSA) is 35.5 Å². The Balaban J connectivity index is 1.75. The van der Waals surface area contributed by atoms with E-state index in [1.807, 2.05) is 25.1 Å². The highest BCUT2D eigenvalue weighted by Crippen LogP contribution is 2.33. The van der Waals surface area contributed by atoms with Crippen LogP contribution in [-0.2, 0) is 4.79 Å². The van der Waals surface area contributed by atoms with E-state index >= 15 is 0 Å². The van der Waals surface area contributed by atoms with Crippen LogP contribution in [-0.4, -0.2) is 12.6 Å². The first kappa shape index (κ1) is 17.6. The molecule has 0 aromatic heterocycles. The summed E-state index contributed by atoms with van der Waals surface area (Å²) in [6, 6.07) is 7.26. The van der Waals surface area contributed by atoms with Gasteiger partial charge in [-0.15, -0.1) is 6.58 Å². The molecule has 0 saturated heterocycles. The first-order valence-corrected chi connectivity index (χ1v) is 8.78. The molecule has 0 bridgehead atoms. The monoisotopic (exact) mass is 316 g/mol. The Morgan fingerprint density at radius 2 is 1.83 bits per heavy atom. The molecule has 0 atom stereocenters. The summed E-state index contributed by atoms with van der Waals surface area (Å²) in [6.45, 7) is 6.35. The van der Waals surface area contributed by atoms with E-state index < -0.39 is 0 Å². The fourth-order valence-corrected chi connectivity index (χ4v) is 3.21. The molecule has 1 aliphatic rings. The smallest absolute Gasteiger partial charge is 0.314 e. The summed E-state index contributed by atoms with van der Waals surface area (Å²) in [5, 5.41) is 0. The molecule has 3 heteroatoms. The van der Waals surface area contributed by atoms with Gasteiger partial charge in [-0.05, 0) is 75.6 Å². The van der Waals surface area contributed by atoms with Crippen molar-refractivity contribution >= 4 is 5.97 Å². The van der Waals surface area contributed by atoms with E-state index in [0.29, 0.717) is 12.4 Å². The fraction of sp³-hybridized carbons (Fsp3) is 0.550. The van der Waals surface area contributed by atoms with Crippen molar-refractivity contribution in [2.45, 2.75) is 51.9 Å². The molecule has 2 rings (SSSR count).